The number of carbonyl (C=O) groups is 2. The average Bonchev–Trinajstić information content (AvgIpc) is 2.47. The molecule has 0 saturated carbocycles. The first-order valence-electron chi connectivity index (χ1n) is 6.38. The maximum Gasteiger partial charge on any atom is 0.336 e. The number of benzene rings is 2. The van der Waals surface area contributed by atoms with E-state index in [1.165, 1.54) is 6.07 Å². The first kappa shape index (κ1) is 13.6. The lowest BCUT2D eigenvalue weighted by Crippen LogP contribution is -2.22. The number of carboxylic acid groups (broad SMARTS) is 1. The van der Waals surface area contributed by atoms with E-state index in [0.717, 1.165) is 5.56 Å². The topological polar surface area (TPSA) is 63.6 Å². The molecule has 0 amide bonds. The van der Waals surface area contributed by atoms with E-state index < -0.39 is 12.1 Å². The fraction of sp³-hybridized carbons (Fsp3) is 0.125. The number of fused-ring (bicyclic) bond motifs is 1. The highest BCUT2D eigenvalue weighted by atomic mass is 35.5. The zero-order valence-corrected chi connectivity index (χ0v) is 11.6. The van der Waals surface area contributed by atoms with Crippen molar-refractivity contribution in [2.45, 2.75) is 12.5 Å². The van der Waals surface area contributed by atoms with Gasteiger partial charge in [-0.2, -0.15) is 0 Å². The molecule has 1 unspecified atom stereocenters. The lowest BCUT2D eigenvalue weighted by Gasteiger charge is -2.26. The lowest BCUT2D eigenvalue weighted by molar-refractivity contribution is 0.0681. The van der Waals surface area contributed by atoms with E-state index >= 15 is 0 Å². The van der Waals surface area contributed by atoms with Gasteiger partial charge in [0.1, 0.15) is 11.9 Å². The van der Waals surface area contributed by atoms with Crippen LogP contribution in [-0.4, -0.2) is 16.9 Å². The second-order valence-electron chi connectivity index (χ2n) is 4.77. The summed E-state index contributed by atoms with van der Waals surface area (Å²) in [5.41, 5.74) is 0.960. The van der Waals surface area contributed by atoms with E-state index in [1.807, 2.05) is 0 Å². The van der Waals surface area contributed by atoms with Gasteiger partial charge in [0.05, 0.1) is 17.5 Å². The normalized spacial score (nSPS) is 17.0. The molecule has 2 aromatic carbocycles. The fourth-order valence-corrected chi connectivity index (χ4v) is 2.55. The second-order valence-corrected chi connectivity index (χ2v) is 5.21. The van der Waals surface area contributed by atoms with Crippen LogP contribution in [0.25, 0.3) is 0 Å². The van der Waals surface area contributed by atoms with Crippen LogP contribution in [-0.2, 0) is 0 Å². The molecular formula is C16H11ClO4. The van der Waals surface area contributed by atoms with Crippen LogP contribution in [0.3, 0.4) is 0 Å². The van der Waals surface area contributed by atoms with Gasteiger partial charge in [0.15, 0.2) is 5.78 Å². The Balaban J connectivity index is 2.00. The summed E-state index contributed by atoms with van der Waals surface area (Å²) in [6, 6.07) is 11.6. The number of ketones is 1. The summed E-state index contributed by atoms with van der Waals surface area (Å²) >= 11 is 5.84. The zero-order valence-electron chi connectivity index (χ0n) is 10.9. The van der Waals surface area contributed by atoms with Crippen molar-refractivity contribution in [3.05, 3.63) is 64.2 Å². The van der Waals surface area contributed by atoms with Crippen LogP contribution >= 0.6 is 11.6 Å². The van der Waals surface area contributed by atoms with Gasteiger partial charge >= 0.3 is 5.97 Å². The molecule has 21 heavy (non-hydrogen) atoms. The van der Waals surface area contributed by atoms with Crippen molar-refractivity contribution in [3.63, 3.8) is 0 Å². The highest BCUT2D eigenvalue weighted by molar-refractivity contribution is 6.30. The molecule has 106 valence electrons. The first-order chi connectivity index (χ1) is 10.1. The molecule has 0 aromatic heterocycles. The summed E-state index contributed by atoms with van der Waals surface area (Å²) in [5, 5.41) is 9.76. The maximum atomic E-state index is 12.3. The highest BCUT2D eigenvalue weighted by Crippen LogP contribution is 2.36. The molecule has 1 aliphatic rings. The zero-order chi connectivity index (χ0) is 15.0. The van der Waals surface area contributed by atoms with Gasteiger partial charge in [-0.15, -0.1) is 0 Å². The Morgan fingerprint density at radius 1 is 1.19 bits per heavy atom. The summed E-state index contributed by atoms with van der Waals surface area (Å²) in [6.07, 6.45) is -0.315. The molecule has 1 atom stereocenters. The molecular weight excluding hydrogens is 292 g/mol. The van der Waals surface area contributed by atoms with Gasteiger partial charge in [-0.3, -0.25) is 4.79 Å². The summed E-state index contributed by atoms with van der Waals surface area (Å²) in [6.45, 7) is 0. The largest absolute Gasteiger partial charge is 0.484 e. The monoisotopic (exact) mass is 302 g/mol. The summed E-state index contributed by atoms with van der Waals surface area (Å²) in [7, 11) is 0. The summed E-state index contributed by atoms with van der Waals surface area (Å²) in [4.78, 5) is 23.5. The number of ether oxygens (including phenoxy) is 1. The predicted octanol–water partition coefficient (Wildman–Crippen LogP) is 3.74. The number of hydrogen-bond donors (Lipinski definition) is 1. The number of carboxylic acids is 1. The highest BCUT2D eigenvalue weighted by Gasteiger charge is 2.31. The molecule has 0 fully saturated rings. The number of hydrogen-bond acceptors (Lipinski definition) is 3. The van der Waals surface area contributed by atoms with Gasteiger partial charge in [0, 0.05) is 5.02 Å². The smallest absolute Gasteiger partial charge is 0.336 e. The predicted molar refractivity (Wildman–Crippen MR) is 77.2 cm³/mol. The van der Waals surface area contributed by atoms with Crippen molar-refractivity contribution in [2.24, 2.45) is 0 Å². The average molecular weight is 303 g/mol. The van der Waals surface area contributed by atoms with Crippen LogP contribution in [0.1, 0.15) is 38.8 Å². The third kappa shape index (κ3) is 2.50. The van der Waals surface area contributed by atoms with Gasteiger partial charge < -0.3 is 9.84 Å². The molecule has 0 radical (unpaired) electrons. The van der Waals surface area contributed by atoms with Crippen molar-refractivity contribution < 1.29 is 19.4 Å². The van der Waals surface area contributed by atoms with E-state index in [-0.39, 0.29) is 23.3 Å². The number of carbonyl (C=O) groups excluding carboxylic acids is 1. The Bertz CT molecular complexity index is 722. The number of rotatable bonds is 2. The number of aromatic carboxylic acids is 1. The summed E-state index contributed by atoms with van der Waals surface area (Å²) in [5.74, 6) is -1.05. The second kappa shape index (κ2) is 5.22. The Morgan fingerprint density at radius 2 is 1.90 bits per heavy atom. The number of Topliss-reactive ketones (excluding diaryl/α,β-unsaturated/α-hetero) is 1. The molecule has 3 rings (SSSR count). The van der Waals surface area contributed by atoms with Crippen LogP contribution in [0.2, 0.25) is 5.02 Å². The van der Waals surface area contributed by atoms with Crippen molar-refractivity contribution in [1.82, 2.24) is 0 Å². The minimum absolute atomic E-state index is 0.0212. The van der Waals surface area contributed by atoms with E-state index in [9.17, 15) is 9.59 Å². The van der Waals surface area contributed by atoms with Crippen LogP contribution in [0.5, 0.6) is 5.75 Å². The third-order valence-electron chi connectivity index (χ3n) is 3.42. The summed E-state index contributed by atoms with van der Waals surface area (Å²) < 4.78 is 5.79. The van der Waals surface area contributed by atoms with Gasteiger partial charge in [0.2, 0.25) is 0 Å². The molecule has 0 bridgehead atoms. The van der Waals surface area contributed by atoms with Gasteiger partial charge in [-0.05, 0) is 29.8 Å². The third-order valence-corrected chi connectivity index (χ3v) is 3.67. The Morgan fingerprint density at radius 3 is 2.57 bits per heavy atom. The van der Waals surface area contributed by atoms with Gasteiger partial charge in [-0.1, -0.05) is 29.8 Å². The minimum Gasteiger partial charge on any atom is -0.484 e. The van der Waals surface area contributed by atoms with Crippen molar-refractivity contribution in [3.8, 4) is 5.75 Å². The van der Waals surface area contributed by atoms with Crippen LogP contribution < -0.4 is 4.74 Å². The molecule has 0 aliphatic carbocycles. The molecule has 2 aromatic rings. The standard InChI is InChI=1S/C16H11ClO4/c17-10-6-4-9(5-7-10)14-8-12(18)15-11(16(19)20)2-1-3-13(15)21-14/h1-7,14H,8H2,(H,19,20). The van der Waals surface area contributed by atoms with E-state index in [1.54, 1.807) is 36.4 Å². The number of halogens is 1. The van der Waals surface area contributed by atoms with Crippen molar-refractivity contribution in [2.75, 3.05) is 0 Å². The van der Waals surface area contributed by atoms with Gasteiger partial charge in [-0.25, -0.2) is 4.79 Å². The SMILES string of the molecule is O=C(O)c1cccc2c1C(=O)CC(c1ccc(Cl)cc1)O2. The lowest BCUT2D eigenvalue weighted by atomic mass is 9.93. The van der Waals surface area contributed by atoms with E-state index in [4.69, 9.17) is 21.4 Å². The quantitative estimate of drug-likeness (QED) is 0.917. The van der Waals surface area contributed by atoms with E-state index in [2.05, 4.69) is 0 Å². The molecule has 1 heterocycles. The molecule has 0 spiro atoms. The van der Waals surface area contributed by atoms with Crippen molar-refractivity contribution >= 4 is 23.4 Å². The molecule has 5 heteroatoms. The molecule has 1 N–H and O–H groups in total. The molecule has 1 aliphatic heterocycles. The maximum absolute atomic E-state index is 12.3. The minimum atomic E-state index is -1.13. The Hall–Kier alpha value is -2.33. The molecule has 4 nitrogen and oxygen atoms in total. The molecule has 0 saturated heterocycles. The fourth-order valence-electron chi connectivity index (χ4n) is 2.42. The van der Waals surface area contributed by atoms with Crippen LogP contribution in [0.4, 0.5) is 0 Å². The first-order valence-corrected chi connectivity index (χ1v) is 6.75. The Labute approximate surface area is 125 Å². The van der Waals surface area contributed by atoms with Crippen molar-refractivity contribution in [1.29, 1.82) is 0 Å². The van der Waals surface area contributed by atoms with Crippen LogP contribution in [0, 0.1) is 0 Å². The van der Waals surface area contributed by atoms with Gasteiger partial charge in [0.25, 0.3) is 0 Å². The Kier molecular flexibility index (Phi) is 3.39. The van der Waals surface area contributed by atoms with E-state index in [0.29, 0.717) is 10.8 Å². The van der Waals surface area contributed by atoms with Crippen LogP contribution in [0.15, 0.2) is 42.5 Å².